The highest BCUT2D eigenvalue weighted by Crippen LogP contribution is 2.10. The molecule has 0 bridgehead atoms. The van der Waals surface area contributed by atoms with Crippen molar-refractivity contribution in [1.82, 2.24) is 15.5 Å². The number of nitrogens with one attached hydrogen (secondary N) is 2. The molecule has 100 valence electrons. The predicted molar refractivity (Wildman–Crippen MR) is 71.5 cm³/mol. The fourth-order valence-electron chi connectivity index (χ4n) is 2.26. The van der Waals surface area contributed by atoms with Crippen molar-refractivity contribution in [2.45, 2.75) is 32.5 Å². The smallest absolute Gasteiger partial charge is 0.190 e. The van der Waals surface area contributed by atoms with Crippen molar-refractivity contribution in [3.63, 3.8) is 0 Å². The van der Waals surface area contributed by atoms with E-state index in [9.17, 15) is 0 Å². The molecule has 1 rings (SSSR count). The molecular formula is C12H26N4O. The van der Waals surface area contributed by atoms with Crippen LogP contribution in [0.5, 0.6) is 0 Å². The molecule has 1 fully saturated rings. The first-order chi connectivity index (χ1) is 8.15. The topological polar surface area (TPSA) is 48.9 Å². The minimum Gasteiger partial charge on any atom is -0.373 e. The molecule has 1 saturated heterocycles. The normalized spacial score (nSPS) is 26.9. The maximum Gasteiger partial charge on any atom is 0.190 e. The monoisotopic (exact) mass is 242 g/mol. The lowest BCUT2D eigenvalue weighted by Gasteiger charge is -2.35. The number of guanidine groups is 1. The average Bonchev–Trinajstić information content (AvgIpc) is 2.28. The molecule has 1 aliphatic heterocycles. The largest absolute Gasteiger partial charge is 0.373 e. The lowest BCUT2D eigenvalue weighted by molar-refractivity contribution is -0.0679. The van der Waals surface area contributed by atoms with Crippen LogP contribution in [0.3, 0.4) is 0 Å². The summed E-state index contributed by atoms with van der Waals surface area (Å²) < 4.78 is 5.71. The Balaban J connectivity index is 2.14. The van der Waals surface area contributed by atoms with Crippen molar-refractivity contribution in [3.05, 3.63) is 0 Å². The van der Waals surface area contributed by atoms with Crippen LogP contribution in [-0.2, 0) is 4.74 Å². The molecule has 0 aromatic rings. The van der Waals surface area contributed by atoms with E-state index in [0.29, 0.717) is 12.2 Å². The molecule has 0 aliphatic carbocycles. The Morgan fingerprint density at radius 1 is 1.35 bits per heavy atom. The summed E-state index contributed by atoms with van der Waals surface area (Å²) >= 11 is 0. The standard InChI is InChI=1S/C12H26N4O/c1-10-8-16(9-11(2)17-10)7-5-6-15-12(13-3)14-4/h10-11H,5-9H2,1-4H3,(H2,13,14,15). The van der Waals surface area contributed by atoms with E-state index in [4.69, 9.17) is 4.74 Å². The summed E-state index contributed by atoms with van der Waals surface area (Å²) in [6.07, 6.45) is 1.84. The van der Waals surface area contributed by atoms with E-state index in [-0.39, 0.29) is 0 Å². The van der Waals surface area contributed by atoms with E-state index < -0.39 is 0 Å². The van der Waals surface area contributed by atoms with E-state index in [1.165, 1.54) is 0 Å². The summed E-state index contributed by atoms with van der Waals surface area (Å²) in [5, 5.41) is 6.27. The maximum atomic E-state index is 5.71. The first-order valence-corrected chi connectivity index (χ1v) is 6.42. The van der Waals surface area contributed by atoms with Gasteiger partial charge in [-0.3, -0.25) is 9.89 Å². The van der Waals surface area contributed by atoms with E-state index in [1.54, 1.807) is 7.05 Å². The minimum atomic E-state index is 0.358. The Morgan fingerprint density at radius 2 is 2.00 bits per heavy atom. The highest BCUT2D eigenvalue weighted by atomic mass is 16.5. The van der Waals surface area contributed by atoms with Gasteiger partial charge in [-0.2, -0.15) is 0 Å². The van der Waals surface area contributed by atoms with Crippen molar-refractivity contribution < 1.29 is 4.74 Å². The first kappa shape index (κ1) is 14.3. The van der Waals surface area contributed by atoms with Gasteiger partial charge >= 0.3 is 0 Å². The molecule has 5 heteroatoms. The minimum absolute atomic E-state index is 0.358. The van der Waals surface area contributed by atoms with Crippen molar-refractivity contribution >= 4 is 5.96 Å². The Hall–Kier alpha value is -0.810. The zero-order valence-corrected chi connectivity index (χ0v) is 11.5. The molecule has 17 heavy (non-hydrogen) atoms. The van der Waals surface area contributed by atoms with Crippen molar-refractivity contribution in [3.8, 4) is 0 Å². The van der Waals surface area contributed by atoms with E-state index >= 15 is 0 Å². The molecule has 0 spiro atoms. The third kappa shape index (κ3) is 5.37. The van der Waals surface area contributed by atoms with Gasteiger partial charge in [-0.15, -0.1) is 0 Å². The quantitative estimate of drug-likeness (QED) is 0.422. The van der Waals surface area contributed by atoms with Crippen molar-refractivity contribution in [2.75, 3.05) is 40.3 Å². The molecule has 2 unspecified atom stereocenters. The molecule has 5 nitrogen and oxygen atoms in total. The summed E-state index contributed by atoms with van der Waals surface area (Å²) in [6.45, 7) is 8.45. The highest BCUT2D eigenvalue weighted by molar-refractivity contribution is 5.79. The zero-order chi connectivity index (χ0) is 12.7. The van der Waals surface area contributed by atoms with Crippen LogP contribution in [0.15, 0.2) is 4.99 Å². The summed E-state index contributed by atoms with van der Waals surface area (Å²) in [5.74, 6) is 0.855. The van der Waals surface area contributed by atoms with E-state index in [2.05, 4.69) is 34.4 Å². The van der Waals surface area contributed by atoms with Crippen LogP contribution in [0.1, 0.15) is 20.3 Å². The molecule has 0 aromatic carbocycles. The highest BCUT2D eigenvalue weighted by Gasteiger charge is 2.21. The zero-order valence-electron chi connectivity index (χ0n) is 11.5. The number of hydrogen-bond donors (Lipinski definition) is 2. The first-order valence-electron chi connectivity index (χ1n) is 6.42. The van der Waals surface area contributed by atoms with Gasteiger partial charge in [-0.25, -0.2) is 0 Å². The van der Waals surface area contributed by atoms with Gasteiger partial charge in [0, 0.05) is 40.3 Å². The van der Waals surface area contributed by atoms with Crippen molar-refractivity contribution in [1.29, 1.82) is 0 Å². The lowest BCUT2D eigenvalue weighted by atomic mass is 10.2. The molecule has 0 saturated carbocycles. The molecule has 0 radical (unpaired) electrons. The van der Waals surface area contributed by atoms with E-state index in [0.717, 1.165) is 38.6 Å². The number of morpholine rings is 1. The predicted octanol–water partition coefficient (Wildman–Crippen LogP) is 0.281. The SMILES string of the molecule is CN=C(NC)NCCCN1CC(C)OC(C)C1. The van der Waals surface area contributed by atoms with Gasteiger partial charge in [-0.1, -0.05) is 0 Å². The van der Waals surface area contributed by atoms with Gasteiger partial charge in [0.05, 0.1) is 12.2 Å². The maximum absolute atomic E-state index is 5.71. The Bertz CT molecular complexity index is 235. The number of rotatable bonds is 4. The summed E-state index contributed by atoms with van der Waals surface area (Å²) in [6, 6.07) is 0. The summed E-state index contributed by atoms with van der Waals surface area (Å²) in [4.78, 5) is 6.55. The molecule has 0 aromatic heterocycles. The second kappa shape index (κ2) is 7.50. The number of aliphatic imine (C=N–C) groups is 1. The number of ether oxygens (including phenoxy) is 1. The Labute approximate surface area is 105 Å². The molecule has 2 atom stereocenters. The van der Waals surface area contributed by atoms with Crippen LogP contribution in [0.2, 0.25) is 0 Å². The van der Waals surface area contributed by atoms with Gasteiger partial charge in [0.25, 0.3) is 0 Å². The third-order valence-corrected chi connectivity index (χ3v) is 2.90. The van der Waals surface area contributed by atoms with Crippen LogP contribution in [0, 0.1) is 0 Å². The second-order valence-electron chi connectivity index (χ2n) is 4.62. The lowest BCUT2D eigenvalue weighted by Crippen LogP contribution is -2.46. The van der Waals surface area contributed by atoms with Gasteiger partial charge in [0.2, 0.25) is 0 Å². The average molecular weight is 242 g/mol. The van der Waals surface area contributed by atoms with Crippen LogP contribution in [-0.4, -0.2) is 63.3 Å². The molecule has 2 N–H and O–H groups in total. The fourth-order valence-corrected chi connectivity index (χ4v) is 2.26. The Morgan fingerprint density at radius 3 is 2.53 bits per heavy atom. The van der Waals surface area contributed by atoms with Gasteiger partial charge in [0.1, 0.15) is 0 Å². The van der Waals surface area contributed by atoms with Crippen LogP contribution in [0.25, 0.3) is 0 Å². The summed E-state index contributed by atoms with van der Waals surface area (Å²) in [5.41, 5.74) is 0. The Kier molecular flexibility index (Phi) is 6.29. The molecule has 1 heterocycles. The van der Waals surface area contributed by atoms with Gasteiger partial charge in [-0.05, 0) is 20.3 Å². The number of nitrogens with zero attached hydrogens (tertiary/aromatic N) is 2. The fraction of sp³-hybridized carbons (Fsp3) is 0.917. The van der Waals surface area contributed by atoms with Crippen LogP contribution in [0.4, 0.5) is 0 Å². The third-order valence-electron chi connectivity index (χ3n) is 2.90. The van der Waals surface area contributed by atoms with Crippen LogP contribution < -0.4 is 10.6 Å². The second-order valence-corrected chi connectivity index (χ2v) is 4.62. The number of hydrogen-bond acceptors (Lipinski definition) is 3. The van der Waals surface area contributed by atoms with Crippen LogP contribution >= 0.6 is 0 Å². The molecule has 1 aliphatic rings. The van der Waals surface area contributed by atoms with Crippen molar-refractivity contribution in [2.24, 2.45) is 4.99 Å². The van der Waals surface area contributed by atoms with E-state index in [1.807, 2.05) is 7.05 Å². The summed E-state index contributed by atoms with van der Waals surface area (Å²) in [7, 11) is 3.66. The van der Waals surface area contributed by atoms with Gasteiger partial charge in [0.15, 0.2) is 5.96 Å². The molecule has 0 amide bonds. The van der Waals surface area contributed by atoms with Gasteiger partial charge < -0.3 is 15.4 Å². The molecular weight excluding hydrogens is 216 g/mol.